The first kappa shape index (κ1) is 18.9. The van der Waals surface area contributed by atoms with Crippen LogP contribution in [-0.4, -0.2) is 28.3 Å². The molecular formula is C21H24N2O4. The summed E-state index contributed by atoms with van der Waals surface area (Å²) in [6, 6.07) is 9.50. The highest BCUT2D eigenvalue weighted by atomic mass is 16.5. The molecule has 3 rings (SSSR count). The van der Waals surface area contributed by atoms with E-state index in [1.807, 2.05) is 18.2 Å². The molecule has 1 amide bonds. The smallest absolute Gasteiger partial charge is 0.355 e. The summed E-state index contributed by atoms with van der Waals surface area (Å²) in [6.45, 7) is 2.99. The van der Waals surface area contributed by atoms with Gasteiger partial charge < -0.3 is 14.6 Å². The van der Waals surface area contributed by atoms with Crippen LogP contribution >= 0.6 is 0 Å². The first-order valence-electron chi connectivity index (χ1n) is 9.13. The monoisotopic (exact) mass is 368 g/mol. The minimum atomic E-state index is -0.928. The number of aromatic nitrogens is 1. The zero-order valence-electron chi connectivity index (χ0n) is 15.8. The van der Waals surface area contributed by atoms with Gasteiger partial charge in [-0.05, 0) is 50.3 Å². The second-order valence-corrected chi connectivity index (χ2v) is 6.98. The van der Waals surface area contributed by atoms with Gasteiger partial charge in [0.1, 0.15) is 5.69 Å². The van der Waals surface area contributed by atoms with Gasteiger partial charge in [-0.3, -0.25) is 9.59 Å². The number of aryl methyl sites for hydroxylation is 2. The van der Waals surface area contributed by atoms with Gasteiger partial charge in [0.2, 0.25) is 0 Å². The van der Waals surface area contributed by atoms with E-state index in [1.165, 1.54) is 23.1 Å². The van der Waals surface area contributed by atoms with Gasteiger partial charge >= 0.3 is 5.97 Å². The summed E-state index contributed by atoms with van der Waals surface area (Å²) in [4.78, 5) is 36.4. The number of rotatable bonds is 5. The molecule has 1 aliphatic rings. The van der Waals surface area contributed by atoms with Gasteiger partial charge in [0.05, 0.1) is 6.04 Å². The number of nitrogens with zero attached hydrogens (tertiary/aromatic N) is 1. The minimum Gasteiger partial charge on any atom is -0.448 e. The van der Waals surface area contributed by atoms with Crippen molar-refractivity contribution >= 4 is 17.7 Å². The van der Waals surface area contributed by atoms with Crippen LogP contribution in [0.15, 0.2) is 36.5 Å². The van der Waals surface area contributed by atoms with Crippen molar-refractivity contribution in [3.63, 3.8) is 0 Å². The molecule has 0 fully saturated rings. The van der Waals surface area contributed by atoms with E-state index in [1.54, 1.807) is 20.2 Å². The molecule has 6 nitrogen and oxygen atoms in total. The Kier molecular flexibility index (Phi) is 5.44. The van der Waals surface area contributed by atoms with Crippen LogP contribution in [0.4, 0.5) is 0 Å². The SMILES string of the molecule is CC(=O)c1cc(C(=O)O[C@@H](C)C(=O)N[C@H]2CCCc3ccccc32)n(C)c1. The molecular weight excluding hydrogens is 344 g/mol. The van der Waals surface area contributed by atoms with Gasteiger partial charge in [-0.1, -0.05) is 24.3 Å². The number of carbonyl (C=O) groups is 3. The van der Waals surface area contributed by atoms with Crippen LogP contribution in [0.25, 0.3) is 0 Å². The highest BCUT2D eigenvalue weighted by molar-refractivity contribution is 5.98. The summed E-state index contributed by atoms with van der Waals surface area (Å²) in [6.07, 6.45) is 3.53. The Balaban J connectivity index is 1.65. The highest BCUT2D eigenvalue weighted by Crippen LogP contribution is 2.29. The molecule has 2 atom stereocenters. The van der Waals surface area contributed by atoms with Crippen molar-refractivity contribution in [2.75, 3.05) is 0 Å². The first-order chi connectivity index (χ1) is 12.9. The Morgan fingerprint density at radius 2 is 2.00 bits per heavy atom. The zero-order valence-corrected chi connectivity index (χ0v) is 15.8. The summed E-state index contributed by atoms with van der Waals surface area (Å²) in [5.74, 6) is -1.09. The standard InChI is InChI=1S/C21H24N2O4/c1-13(24)16-11-19(23(3)12-16)21(26)27-14(2)20(25)22-18-10-6-8-15-7-4-5-9-17(15)18/h4-5,7,9,11-12,14,18H,6,8,10H2,1-3H3,(H,22,25)/t14-,18-/m0/s1. The molecule has 27 heavy (non-hydrogen) atoms. The van der Waals surface area contributed by atoms with E-state index in [9.17, 15) is 14.4 Å². The van der Waals surface area contributed by atoms with Crippen LogP contribution in [0.3, 0.4) is 0 Å². The van der Waals surface area contributed by atoms with Crippen molar-refractivity contribution in [1.29, 1.82) is 0 Å². The quantitative estimate of drug-likeness (QED) is 0.650. The molecule has 142 valence electrons. The molecule has 0 bridgehead atoms. The minimum absolute atomic E-state index is 0.0667. The number of hydrogen-bond acceptors (Lipinski definition) is 4. The van der Waals surface area contributed by atoms with Crippen molar-refractivity contribution in [3.8, 4) is 0 Å². The lowest BCUT2D eigenvalue weighted by atomic mass is 9.87. The van der Waals surface area contributed by atoms with Gasteiger partial charge in [0.15, 0.2) is 11.9 Å². The van der Waals surface area contributed by atoms with Crippen molar-refractivity contribution in [2.45, 2.75) is 45.3 Å². The average Bonchev–Trinajstić information content (AvgIpc) is 3.04. The third kappa shape index (κ3) is 4.10. The molecule has 1 aromatic carbocycles. The summed E-state index contributed by atoms with van der Waals surface area (Å²) < 4.78 is 6.85. The van der Waals surface area contributed by atoms with Crippen LogP contribution in [0.5, 0.6) is 0 Å². The third-order valence-corrected chi connectivity index (χ3v) is 4.96. The maximum absolute atomic E-state index is 12.5. The van der Waals surface area contributed by atoms with Gasteiger partial charge in [-0.15, -0.1) is 0 Å². The van der Waals surface area contributed by atoms with E-state index in [2.05, 4.69) is 11.4 Å². The summed E-state index contributed by atoms with van der Waals surface area (Å²) in [7, 11) is 1.66. The Hall–Kier alpha value is -2.89. The Bertz CT molecular complexity index is 884. The van der Waals surface area contributed by atoms with Crippen molar-refractivity contribution < 1.29 is 19.1 Å². The fourth-order valence-corrected chi connectivity index (χ4v) is 3.43. The molecule has 1 heterocycles. The molecule has 0 unspecified atom stereocenters. The van der Waals surface area contributed by atoms with Gasteiger partial charge in [-0.2, -0.15) is 0 Å². The van der Waals surface area contributed by atoms with Crippen molar-refractivity contribution in [3.05, 3.63) is 58.9 Å². The lowest BCUT2D eigenvalue weighted by Gasteiger charge is -2.27. The van der Waals surface area contributed by atoms with Gasteiger partial charge in [0, 0.05) is 18.8 Å². The van der Waals surface area contributed by atoms with Gasteiger partial charge in [0.25, 0.3) is 5.91 Å². The molecule has 0 radical (unpaired) electrons. The Morgan fingerprint density at radius 3 is 2.70 bits per heavy atom. The largest absolute Gasteiger partial charge is 0.448 e. The number of esters is 1. The first-order valence-corrected chi connectivity index (χ1v) is 9.13. The van der Waals surface area contributed by atoms with E-state index in [0.29, 0.717) is 5.56 Å². The van der Waals surface area contributed by atoms with E-state index in [4.69, 9.17) is 4.74 Å². The molecule has 1 aliphatic carbocycles. The van der Waals surface area contributed by atoms with Crippen LogP contribution in [0, 0.1) is 0 Å². The third-order valence-electron chi connectivity index (χ3n) is 4.96. The number of ether oxygens (including phenoxy) is 1. The Labute approximate surface area is 158 Å². The fraction of sp³-hybridized carbons (Fsp3) is 0.381. The summed E-state index contributed by atoms with van der Waals surface area (Å²) in [5.41, 5.74) is 3.05. The van der Waals surface area contributed by atoms with Crippen molar-refractivity contribution in [1.82, 2.24) is 9.88 Å². The molecule has 0 saturated carbocycles. The number of nitrogens with one attached hydrogen (secondary N) is 1. The number of hydrogen-bond donors (Lipinski definition) is 1. The highest BCUT2D eigenvalue weighted by Gasteiger charge is 2.26. The molecule has 0 saturated heterocycles. The average molecular weight is 368 g/mol. The number of fused-ring (bicyclic) bond motifs is 1. The predicted octanol–water partition coefficient (Wildman–Crippen LogP) is 2.97. The topological polar surface area (TPSA) is 77.4 Å². The summed E-state index contributed by atoms with van der Waals surface area (Å²) >= 11 is 0. The van der Waals surface area contributed by atoms with Crippen LogP contribution in [-0.2, 0) is 23.0 Å². The molecule has 0 spiro atoms. The van der Waals surface area contributed by atoms with E-state index >= 15 is 0 Å². The van der Waals surface area contributed by atoms with Crippen molar-refractivity contribution in [2.24, 2.45) is 7.05 Å². The van der Waals surface area contributed by atoms with E-state index in [-0.39, 0.29) is 23.4 Å². The lowest BCUT2D eigenvalue weighted by molar-refractivity contribution is -0.130. The molecule has 2 aromatic rings. The maximum atomic E-state index is 12.5. The zero-order chi connectivity index (χ0) is 19.6. The van der Waals surface area contributed by atoms with Gasteiger partial charge in [-0.25, -0.2) is 4.79 Å². The second-order valence-electron chi connectivity index (χ2n) is 6.98. The normalized spacial score (nSPS) is 16.9. The van der Waals surface area contributed by atoms with Crippen LogP contribution < -0.4 is 5.32 Å². The maximum Gasteiger partial charge on any atom is 0.355 e. The number of carbonyl (C=O) groups excluding carboxylic acids is 3. The number of ketones is 1. The number of benzene rings is 1. The fourth-order valence-electron chi connectivity index (χ4n) is 3.43. The number of Topliss-reactive ketones (excluding diaryl/α,β-unsaturated/α-hetero) is 1. The lowest BCUT2D eigenvalue weighted by Crippen LogP contribution is -2.39. The number of amides is 1. The molecule has 0 aliphatic heterocycles. The molecule has 6 heteroatoms. The molecule has 1 N–H and O–H groups in total. The second kappa shape index (κ2) is 7.78. The van der Waals surface area contributed by atoms with Crippen LogP contribution in [0.2, 0.25) is 0 Å². The predicted molar refractivity (Wildman–Crippen MR) is 101 cm³/mol. The van der Waals surface area contributed by atoms with E-state index < -0.39 is 12.1 Å². The van der Waals surface area contributed by atoms with Crippen LogP contribution in [0.1, 0.15) is 64.7 Å². The molecule has 1 aromatic heterocycles. The Morgan fingerprint density at radius 1 is 1.26 bits per heavy atom. The summed E-state index contributed by atoms with van der Waals surface area (Å²) in [5, 5.41) is 2.99. The van der Waals surface area contributed by atoms with E-state index in [0.717, 1.165) is 24.8 Å².